The number of nitrogens with one attached hydrogen (secondary N) is 1. The molecular weight excluding hydrogens is 356 g/mol. The van der Waals surface area contributed by atoms with Crippen LogP contribution in [0.1, 0.15) is 31.2 Å². The molecule has 0 aliphatic heterocycles. The Bertz CT molecular complexity index is 621. The molecule has 1 atom stereocenters. The number of aromatic nitrogens is 3. The summed E-state index contributed by atoms with van der Waals surface area (Å²) in [7, 11) is 0. The molecule has 0 saturated heterocycles. The summed E-state index contributed by atoms with van der Waals surface area (Å²) in [6.07, 6.45) is 6.24. The first-order valence-corrected chi connectivity index (χ1v) is 7.67. The van der Waals surface area contributed by atoms with E-state index in [1.807, 2.05) is 6.92 Å². The molecule has 1 unspecified atom stereocenters. The maximum Gasteiger partial charge on any atom is 0.233 e. The average molecular weight is 370 g/mol. The Hall–Kier alpha value is -1.53. The Morgan fingerprint density at radius 3 is 2.81 bits per heavy atom. The van der Waals surface area contributed by atoms with Crippen molar-refractivity contribution in [2.45, 2.75) is 25.7 Å². The minimum Gasteiger partial charge on any atom is -0.309 e. The lowest BCUT2D eigenvalue weighted by molar-refractivity contribution is -0.117. The van der Waals surface area contributed by atoms with Crippen molar-refractivity contribution in [1.82, 2.24) is 15.0 Å². The molecule has 110 valence electrons. The lowest BCUT2D eigenvalue weighted by Crippen LogP contribution is -2.22. The van der Waals surface area contributed by atoms with Gasteiger partial charge in [-0.05, 0) is 40.0 Å². The van der Waals surface area contributed by atoms with Gasteiger partial charge in [-0.15, -0.1) is 0 Å². The predicted octanol–water partition coefficient (Wildman–Crippen LogP) is 3.81. The van der Waals surface area contributed by atoms with E-state index in [0.29, 0.717) is 15.6 Å². The smallest absolute Gasteiger partial charge is 0.233 e. The van der Waals surface area contributed by atoms with Crippen LogP contribution < -0.4 is 5.32 Å². The number of rotatable bonds is 5. The molecule has 0 radical (unpaired) electrons. The molecule has 1 N–H and O–H groups in total. The van der Waals surface area contributed by atoms with Crippen molar-refractivity contribution in [3.63, 3.8) is 0 Å². The second-order valence-corrected chi connectivity index (χ2v) is 5.67. The molecular formula is C14H14BrClN4O. The third-order valence-corrected chi connectivity index (χ3v) is 3.53. The molecule has 2 aromatic rings. The van der Waals surface area contributed by atoms with E-state index in [-0.39, 0.29) is 11.8 Å². The molecule has 0 aliphatic carbocycles. The van der Waals surface area contributed by atoms with E-state index < -0.39 is 0 Å². The quantitative estimate of drug-likeness (QED) is 0.814. The standard InChI is InChI=1S/C14H14BrClN4O/c1-2-3-10(9-4-5-17-12(16)6-9)14(21)20-13-8-18-11(15)7-19-13/h4-8,10H,2-3H2,1H3,(H,19,20,21). The minimum atomic E-state index is -0.291. The van der Waals surface area contributed by atoms with Crippen LogP contribution in [0.4, 0.5) is 5.82 Å². The molecule has 5 nitrogen and oxygen atoms in total. The fourth-order valence-corrected chi connectivity index (χ4v) is 2.35. The van der Waals surface area contributed by atoms with E-state index in [4.69, 9.17) is 11.6 Å². The van der Waals surface area contributed by atoms with Gasteiger partial charge in [0.15, 0.2) is 5.82 Å². The fraction of sp³-hybridized carbons (Fsp3) is 0.286. The minimum absolute atomic E-state index is 0.129. The van der Waals surface area contributed by atoms with Gasteiger partial charge in [-0.1, -0.05) is 24.9 Å². The maximum atomic E-state index is 12.4. The Balaban J connectivity index is 2.17. The lowest BCUT2D eigenvalue weighted by Gasteiger charge is -2.16. The van der Waals surface area contributed by atoms with Crippen molar-refractivity contribution in [2.75, 3.05) is 5.32 Å². The van der Waals surface area contributed by atoms with Crippen molar-refractivity contribution >= 4 is 39.3 Å². The Morgan fingerprint density at radius 1 is 1.38 bits per heavy atom. The normalized spacial score (nSPS) is 12.0. The lowest BCUT2D eigenvalue weighted by atomic mass is 9.94. The van der Waals surface area contributed by atoms with E-state index in [1.54, 1.807) is 18.3 Å². The number of carbonyl (C=O) groups is 1. The van der Waals surface area contributed by atoms with Crippen molar-refractivity contribution in [3.8, 4) is 0 Å². The van der Waals surface area contributed by atoms with Gasteiger partial charge in [0, 0.05) is 6.20 Å². The zero-order chi connectivity index (χ0) is 15.2. The fourth-order valence-electron chi connectivity index (χ4n) is 1.96. The molecule has 2 aromatic heterocycles. The highest BCUT2D eigenvalue weighted by Crippen LogP contribution is 2.24. The van der Waals surface area contributed by atoms with Crippen LogP contribution in [0.3, 0.4) is 0 Å². The summed E-state index contributed by atoms with van der Waals surface area (Å²) >= 11 is 9.10. The summed E-state index contributed by atoms with van der Waals surface area (Å²) in [5.74, 6) is 0.00106. The van der Waals surface area contributed by atoms with Gasteiger partial charge in [0.2, 0.25) is 5.91 Å². The summed E-state index contributed by atoms with van der Waals surface area (Å²) in [5.41, 5.74) is 0.847. The number of carbonyl (C=O) groups excluding carboxylic acids is 1. The number of hydrogen-bond donors (Lipinski definition) is 1. The third kappa shape index (κ3) is 4.47. The summed E-state index contributed by atoms with van der Waals surface area (Å²) in [6.45, 7) is 2.03. The van der Waals surface area contributed by atoms with Crippen LogP contribution in [0.15, 0.2) is 35.3 Å². The molecule has 7 heteroatoms. The first-order valence-electron chi connectivity index (χ1n) is 6.50. The number of hydrogen-bond acceptors (Lipinski definition) is 4. The molecule has 2 heterocycles. The molecule has 21 heavy (non-hydrogen) atoms. The van der Waals surface area contributed by atoms with Gasteiger partial charge in [0.25, 0.3) is 0 Å². The van der Waals surface area contributed by atoms with Crippen molar-refractivity contribution in [2.24, 2.45) is 0 Å². The van der Waals surface area contributed by atoms with Crippen LogP contribution in [0.2, 0.25) is 5.15 Å². The van der Waals surface area contributed by atoms with Crippen LogP contribution >= 0.6 is 27.5 Å². The van der Waals surface area contributed by atoms with Crippen LogP contribution in [-0.4, -0.2) is 20.9 Å². The zero-order valence-electron chi connectivity index (χ0n) is 11.4. The first kappa shape index (κ1) is 15.9. The van der Waals surface area contributed by atoms with Gasteiger partial charge in [-0.3, -0.25) is 4.79 Å². The van der Waals surface area contributed by atoms with Crippen molar-refractivity contribution in [1.29, 1.82) is 0 Å². The maximum absolute atomic E-state index is 12.4. The van der Waals surface area contributed by atoms with Gasteiger partial charge in [0.05, 0.1) is 18.3 Å². The van der Waals surface area contributed by atoms with Gasteiger partial charge >= 0.3 is 0 Å². The molecule has 0 aliphatic rings. The van der Waals surface area contributed by atoms with E-state index in [9.17, 15) is 4.79 Å². The highest BCUT2D eigenvalue weighted by molar-refractivity contribution is 9.10. The molecule has 0 bridgehead atoms. The van der Waals surface area contributed by atoms with Gasteiger partial charge in [-0.2, -0.15) is 0 Å². The van der Waals surface area contributed by atoms with Crippen molar-refractivity contribution < 1.29 is 4.79 Å². The second-order valence-electron chi connectivity index (χ2n) is 4.47. The Kier molecular flexibility index (Phi) is 5.64. The van der Waals surface area contributed by atoms with Crippen LogP contribution in [0, 0.1) is 0 Å². The summed E-state index contributed by atoms with van der Waals surface area (Å²) in [4.78, 5) is 24.5. The summed E-state index contributed by atoms with van der Waals surface area (Å²) in [6, 6.07) is 3.52. The number of pyridine rings is 1. The largest absolute Gasteiger partial charge is 0.309 e. The number of amides is 1. The Labute approximate surface area is 136 Å². The average Bonchev–Trinajstić information content (AvgIpc) is 2.47. The number of halogens is 2. The van der Waals surface area contributed by atoms with E-state index in [2.05, 4.69) is 36.2 Å². The summed E-state index contributed by atoms with van der Waals surface area (Å²) in [5, 5.41) is 3.15. The molecule has 0 fully saturated rings. The highest BCUT2D eigenvalue weighted by atomic mass is 79.9. The predicted molar refractivity (Wildman–Crippen MR) is 85.3 cm³/mol. The molecule has 0 aromatic carbocycles. The first-order chi connectivity index (χ1) is 10.1. The van der Waals surface area contributed by atoms with Crippen LogP contribution in [0.5, 0.6) is 0 Å². The topological polar surface area (TPSA) is 67.8 Å². The second kappa shape index (κ2) is 7.47. The highest BCUT2D eigenvalue weighted by Gasteiger charge is 2.20. The van der Waals surface area contributed by atoms with E-state index in [0.717, 1.165) is 18.4 Å². The zero-order valence-corrected chi connectivity index (χ0v) is 13.7. The molecule has 1 amide bonds. The van der Waals surface area contributed by atoms with Gasteiger partial charge in [-0.25, -0.2) is 15.0 Å². The van der Waals surface area contributed by atoms with Crippen molar-refractivity contribution in [3.05, 3.63) is 46.0 Å². The Morgan fingerprint density at radius 2 is 2.19 bits per heavy atom. The molecule has 0 spiro atoms. The monoisotopic (exact) mass is 368 g/mol. The SMILES string of the molecule is CCCC(C(=O)Nc1cnc(Br)cn1)c1ccnc(Cl)c1. The molecule has 2 rings (SSSR count). The van der Waals surface area contributed by atoms with E-state index in [1.165, 1.54) is 12.4 Å². The van der Waals surface area contributed by atoms with Gasteiger partial charge in [0.1, 0.15) is 9.76 Å². The summed E-state index contributed by atoms with van der Waals surface area (Å²) < 4.78 is 0.617. The van der Waals surface area contributed by atoms with Crippen LogP contribution in [0.25, 0.3) is 0 Å². The van der Waals surface area contributed by atoms with E-state index >= 15 is 0 Å². The van der Waals surface area contributed by atoms with Gasteiger partial charge < -0.3 is 5.32 Å². The molecule has 0 saturated carbocycles. The van der Waals surface area contributed by atoms with Crippen LogP contribution in [-0.2, 0) is 4.79 Å². The third-order valence-electron chi connectivity index (χ3n) is 2.92. The number of anilines is 1. The number of nitrogens with zero attached hydrogens (tertiary/aromatic N) is 3.